The predicted octanol–water partition coefficient (Wildman–Crippen LogP) is -0.239. The summed E-state index contributed by atoms with van der Waals surface area (Å²) in [4.78, 5) is 57.7. The monoisotopic (exact) mass is 443 g/mol. The largest absolute Gasteiger partial charge is 0.477 e. The summed E-state index contributed by atoms with van der Waals surface area (Å²) in [6, 6.07) is 3.54. The molecule has 2 unspecified atom stereocenters. The summed E-state index contributed by atoms with van der Waals surface area (Å²) in [7, 11) is 0. The van der Waals surface area contributed by atoms with E-state index in [0.717, 1.165) is 4.90 Å². The Morgan fingerprint density at radius 2 is 2.26 bits per heavy atom. The second-order valence-corrected chi connectivity index (χ2v) is 7.83. The summed E-state index contributed by atoms with van der Waals surface area (Å²) in [5.74, 6) is -0.170. The molecular formula is C19H17N5O6S. The lowest BCUT2D eigenvalue weighted by atomic mass is 10.0. The highest BCUT2D eigenvalue weighted by Crippen LogP contribution is 2.40. The number of anilines is 1. The van der Waals surface area contributed by atoms with Crippen molar-refractivity contribution in [1.29, 1.82) is 0 Å². The lowest BCUT2D eigenvalue weighted by Gasteiger charge is -2.49. The van der Waals surface area contributed by atoms with Crippen LogP contribution in [0.1, 0.15) is 12.6 Å². The van der Waals surface area contributed by atoms with E-state index in [0.29, 0.717) is 6.41 Å². The average molecular weight is 443 g/mol. The molecule has 2 aliphatic heterocycles. The first-order chi connectivity index (χ1) is 14.9. The Morgan fingerprint density at radius 1 is 1.48 bits per heavy atom. The highest BCUT2D eigenvalue weighted by atomic mass is 32.2. The maximum atomic E-state index is 12.9. The number of carbonyl (C=O) groups is 4. The smallest absolute Gasteiger partial charge is 0.352 e. The topological polar surface area (TPSA) is 150 Å². The van der Waals surface area contributed by atoms with Gasteiger partial charge < -0.3 is 20.6 Å². The number of carbonyl (C=O) groups excluding carboxylic acids is 3. The molecule has 3 heterocycles. The number of amides is 3. The molecule has 0 radical (unpaired) electrons. The summed E-state index contributed by atoms with van der Waals surface area (Å²) in [5, 5.41) is 17.2. The van der Waals surface area contributed by atoms with Crippen LogP contribution in [0.15, 0.2) is 35.1 Å². The fraction of sp³-hybridized carbons (Fsp3) is 0.263. The van der Waals surface area contributed by atoms with E-state index in [-0.39, 0.29) is 34.8 Å². The molecule has 160 valence electrons. The van der Waals surface area contributed by atoms with Crippen molar-refractivity contribution in [3.8, 4) is 12.3 Å². The zero-order chi connectivity index (χ0) is 22.5. The van der Waals surface area contributed by atoms with Gasteiger partial charge in [-0.25, -0.2) is 9.78 Å². The van der Waals surface area contributed by atoms with Crippen molar-refractivity contribution >= 4 is 47.5 Å². The predicted molar refractivity (Wildman–Crippen MR) is 111 cm³/mol. The molecule has 2 aliphatic rings. The van der Waals surface area contributed by atoms with Gasteiger partial charge in [0.15, 0.2) is 12.3 Å². The molecule has 0 bridgehead atoms. The maximum absolute atomic E-state index is 12.9. The van der Waals surface area contributed by atoms with Crippen LogP contribution >= 0.6 is 11.8 Å². The van der Waals surface area contributed by atoms with Gasteiger partial charge in [-0.2, -0.15) is 0 Å². The van der Waals surface area contributed by atoms with Crippen LogP contribution in [-0.4, -0.2) is 68.2 Å². The zero-order valence-electron chi connectivity index (χ0n) is 16.1. The second kappa shape index (κ2) is 9.31. The molecule has 0 spiro atoms. The first-order valence-corrected chi connectivity index (χ1v) is 9.87. The van der Waals surface area contributed by atoms with Crippen molar-refractivity contribution in [3.05, 3.63) is 35.7 Å². The minimum absolute atomic E-state index is 0.0702. The van der Waals surface area contributed by atoms with E-state index >= 15 is 0 Å². The number of fused-ring (bicyclic) bond motifs is 1. The van der Waals surface area contributed by atoms with Gasteiger partial charge in [-0.05, 0) is 25.1 Å². The van der Waals surface area contributed by atoms with Gasteiger partial charge in [0, 0.05) is 5.25 Å². The number of terminal acetylenes is 1. The van der Waals surface area contributed by atoms with Gasteiger partial charge in [-0.1, -0.05) is 17.1 Å². The summed E-state index contributed by atoms with van der Waals surface area (Å²) in [6.07, 6.45) is 7.04. The number of β-lactam (4-membered cyclic amide) rings is 1. The molecule has 1 aromatic rings. The Bertz CT molecular complexity index is 1030. The lowest BCUT2D eigenvalue weighted by Crippen LogP contribution is -2.71. The van der Waals surface area contributed by atoms with Gasteiger partial charge >= 0.3 is 5.97 Å². The molecule has 1 aromatic heterocycles. The van der Waals surface area contributed by atoms with E-state index in [1.165, 1.54) is 36.0 Å². The lowest BCUT2D eigenvalue weighted by molar-refractivity contribution is -0.150. The molecular weight excluding hydrogens is 426 g/mol. The molecule has 11 nitrogen and oxygen atoms in total. The van der Waals surface area contributed by atoms with Gasteiger partial charge in [0.05, 0.1) is 0 Å². The molecule has 31 heavy (non-hydrogen) atoms. The Kier molecular flexibility index (Phi) is 6.56. The first kappa shape index (κ1) is 21.8. The van der Waals surface area contributed by atoms with Crippen molar-refractivity contribution < 1.29 is 29.1 Å². The van der Waals surface area contributed by atoms with Crippen LogP contribution in [0.3, 0.4) is 0 Å². The van der Waals surface area contributed by atoms with Crippen LogP contribution in [0.5, 0.6) is 0 Å². The number of aromatic nitrogens is 1. The second-order valence-electron chi connectivity index (χ2n) is 6.34. The molecule has 3 atom stereocenters. The van der Waals surface area contributed by atoms with Crippen molar-refractivity contribution in [3.63, 3.8) is 0 Å². The highest BCUT2D eigenvalue weighted by molar-refractivity contribution is 8.00. The number of rotatable bonds is 8. The maximum Gasteiger partial charge on any atom is 0.352 e. The van der Waals surface area contributed by atoms with Crippen LogP contribution in [0.2, 0.25) is 0 Å². The average Bonchev–Trinajstić information content (AvgIpc) is 2.74. The molecule has 0 saturated carbocycles. The van der Waals surface area contributed by atoms with Crippen molar-refractivity contribution in [1.82, 2.24) is 15.2 Å². The fourth-order valence-electron chi connectivity index (χ4n) is 2.98. The number of thioether (sulfide) groups is 1. The third-order valence-corrected chi connectivity index (χ3v) is 5.60. The first-order valence-electron chi connectivity index (χ1n) is 8.93. The number of aliphatic carboxylic acids is 1. The standard InChI is InChI=1S/C19H17N5O6S/c1-3-7-30-23-14(11-5-4-6-13(21-11)20-9-25)16(26)22-15-17(27)24-12(19(28)29)8-10(2)31-18(15)24/h1,4-6,8-10,15,18H,7H2,2H3,(H,22,26)(H,28,29)(H,20,21,25)/b23-14-/t10?,15?,18-/m1/s1. The van der Waals surface area contributed by atoms with E-state index in [1.807, 2.05) is 0 Å². The number of hydrogen-bond donors (Lipinski definition) is 3. The number of hydrogen-bond acceptors (Lipinski definition) is 8. The number of nitrogens with one attached hydrogen (secondary N) is 2. The van der Waals surface area contributed by atoms with Crippen molar-refractivity contribution in [2.45, 2.75) is 23.6 Å². The minimum atomic E-state index is -1.22. The highest BCUT2D eigenvalue weighted by Gasteiger charge is 2.54. The summed E-state index contributed by atoms with van der Waals surface area (Å²) in [6.45, 7) is 1.59. The third kappa shape index (κ3) is 4.51. The quantitative estimate of drug-likeness (QED) is 0.124. The van der Waals surface area contributed by atoms with Gasteiger partial charge in [0.2, 0.25) is 6.41 Å². The van der Waals surface area contributed by atoms with Gasteiger partial charge in [0.1, 0.15) is 28.6 Å². The minimum Gasteiger partial charge on any atom is -0.477 e. The molecule has 3 amide bonds. The van der Waals surface area contributed by atoms with Crippen LogP contribution in [0.25, 0.3) is 0 Å². The number of nitrogens with zero attached hydrogens (tertiary/aromatic N) is 3. The Morgan fingerprint density at radius 3 is 2.94 bits per heavy atom. The van der Waals surface area contributed by atoms with Gasteiger partial charge in [-0.3, -0.25) is 19.3 Å². The van der Waals surface area contributed by atoms with E-state index in [4.69, 9.17) is 11.3 Å². The van der Waals surface area contributed by atoms with E-state index in [9.17, 15) is 24.3 Å². The van der Waals surface area contributed by atoms with Crippen molar-refractivity contribution in [2.24, 2.45) is 5.16 Å². The summed E-state index contributed by atoms with van der Waals surface area (Å²) >= 11 is 1.34. The molecule has 3 N–H and O–H groups in total. The SMILES string of the molecule is C#CCO/N=C(\C(=O)NC1C(=O)N2C(C(=O)O)=CC(C)S[C@H]12)c1cccc(NC=O)n1. The summed E-state index contributed by atoms with van der Waals surface area (Å²) in [5.41, 5.74) is -0.313. The Hall–Kier alpha value is -3.85. The number of pyridine rings is 1. The zero-order valence-corrected chi connectivity index (χ0v) is 17.0. The molecule has 0 aromatic carbocycles. The molecule has 1 saturated heterocycles. The van der Waals surface area contributed by atoms with Gasteiger partial charge in [-0.15, -0.1) is 18.2 Å². The van der Waals surface area contributed by atoms with Crippen LogP contribution in [-0.2, 0) is 24.0 Å². The van der Waals surface area contributed by atoms with E-state index in [2.05, 4.69) is 26.7 Å². The van der Waals surface area contributed by atoms with Crippen molar-refractivity contribution in [2.75, 3.05) is 11.9 Å². The van der Waals surface area contributed by atoms with Gasteiger partial charge in [0.25, 0.3) is 11.8 Å². The molecule has 0 aliphatic carbocycles. The normalized spacial score (nSPS) is 22.3. The van der Waals surface area contributed by atoms with Crippen LogP contribution < -0.4 is 10.6 Å². The van der Waals surface area contributed by atoms with Crippen LogP contribution in [0, 0.1) is 12.3 Å². The summed E-state index contributed by atoms with van der Waals surface area (Å²) < 4.78 is 0. The number of oxime groups is 1. The molecule has 1 fully saturated rings. The van der Waals surface area contributed by atoms with Crippen LogP contribution in [0.4, 0.5) is 5.82 Å². The van der Waals surface area contributed by atoms with E-state index in [1.54, 1.807) is 6.92 Å². The Labute approximate surface area is 180 Å². The third-order valence-electron chi connectivity index (χ3n) is 4.27. The number of carboxylic acids is 1. The van der Waals surface area contributed by atoms with E-state index < -0.39 is 29.2 Å². The molecule has 12 heteroatoms. The number of carboxylic acid groups (broad SMARTS) is 1. The molecule has 3 rings (SSSR count). The Balaban J connectivity index is 1.83. The fourth-order valence-corrected chi connectivity index (χ4v) is 4.31.